The molecule has 82 valence electrons. The highest BCUT2D eigenvalue weighted by Crippen LogP contribution is 2.25. The van der Waals surface area contributed by atoms with E-state index in [4.69, 9.17) is 4.74 Å². The number of hydrogen-bond acceptors (Lipinski definition) is 1. The first kappa shape index (κ1) is 12.2. The van der Waals surface area contributed by atoms with Crippen LogP contribution in [0.3, 0.4) is 0 Å². The fraction of sp³-hybridized carbons (Fsp3) is 0.333. The van der Waals surface area contributed by atoms with Crippen molar-refractivity contribution in [1.82, 2.24) is 0 Å². The number of unbranched alkanes of at least 4 members (excludes halogenated alkanes) is 2. The second-order valence-electron chi connectivity index (χ2n) is 3.21. The zero-order chi connectivity index (χ0) is 11.1. The van der Waals surface area contributed by atoms with Gasteiger partial charge in [0, 0.05) is 6.07 Å². The molecular weight excluding hydrogens is 259 g/mol. The van der Waals surface area contributed by atoms with Gasteiger partial charge in [0.1, 0.15) is 11.6 Å². The Balaban J connectivity index is 2.36. The van der Waals surface area contributed by atoms with E-state index in [2.05, 4.69) is 22.5 Å². The van der Waals surface area contributed by atoms with Crippen LogP contribution in [0.4, 0.5) is 4.39 Å². The van der Waals surface area contributed by atoms with E-state index in [9.17, 15) is 4.39 Å². The third-order valence-electron chi connectivity index (χ3n) is 1.95. The molecule has 0 saturated carbocycles. The van der Waals surface area contributed by atoms with Crippen LogP contribution in [-0.4, -0.2) is 6.61 Å². The van der Waals surface area contributed by atoms with Crippen LogP contribution in [0.5, 0.6) is 5.75 Å². The molecule has 0 fully saturated rings. The molecule has 0 atom stereocenters. The average molecular weight is 273 g/mol. The number of rotatable bonds is 6. The van der Waals surface area contributed by atoms with Crippen LogP contribution < -0.4 is 4.74 Å². The van der Waals surface area contributed by atoms with Crippen molar-refractivity contribution in [2.24, 2.45) is 0 Å². The molecular formula is C12H14BrFO. The summed E-state index contributed by atoms with van der Waals surface area (Å²) in [6.45, 7) is 4.25. The second-order valence-corrected chi connectivity index (χ2v) is 4.06. The molecule has 1 aromatic rings. The molecule has 0 aliphatic heterocycles. The van der Waals surface area contributed by atoms with Gasteiger partial charge in [0.2, 0.25) is 0 Å². The standard InChI is InChI=1S/C12H14BrFO/c1-2-3-4-5-8-15-12-9-10(14)6-7-11(12)13/h2,6-7,9H,1,3-5,8H2. The number of hydrogen-bond donors (Lipinski definition) is 0. The average Bonchev–Trinajstić information content (AvgIpc) is 2.23. The summed E-state index contributed by atoms with van der Waals surface area (Å²) < 4.78 is 19.1. The summed E-state index contributed by atoms with van der Waals surface area (Å²) in [7, 11) is 0. The largest absolute Gasteiger partial charge is 0.492 e. The van der Waals surface area contributed by atoms with Crippen molar-refractivity contribution in [3.63, 3.8) is 0 Å². The predicted octanol–water partition coefficient (Wildman–Crippen LogP) is 4.32. The molecule has 3 heteroatoms. The van der Waals surface area contributed by atoms with Crippen LogP contribution in [0.15, 0.2) is 35.3 Å². The van der Waals surface area contributed by atoms with E-state index >= 15 is 0 Å². The minimum atomic E-state index is -0.278. The third kappa shape index (κ3) is 4.47. The van der Waals surface area contributed by atoms with Gasteiger partial charge in [0.15, 0.2) is 0 Å². The summed E-state index contributed by atoms with van der Waals surface area (Å²) >= 11 is 3.31. The van der Waals surface area contributed by atoms with Gasteiger partial charge >= 0.3 is 0 Å². The van der Waals surface area contributed by atoms with Crippen LogP contribution in [0.25, 0.3) is 0 Å². The van der Waals surface area contributed by atoms with Crippen LogP contribution in [0.1, 0.15) is 19.3 Å². The van der Waals surface area contributed by atoms with Crippen molar-refractivity contribution >= 4 is 15.9 Å². The zero-order valence-corrected chi connectivity index (χ0v) is 10.1. The first-order valence-electron chi connectivity index (χ1n) is 4.93. The Morgan fingerprint density at radius 3 is 2.93 bits per heavy atom. The first-order valence-corrected chi connectivity index (χ1v) is 5.72. The van der Waals surface area contributed by atoms with Crippen molar-refractivity contribution in [2.75, 3.05) is 6.61 Å². The maximum absolute atomic E-state index is 12.9. The molecule has 1 aromatic carbocycles. The van der Waals surface area contributed by atoms with E-state index in [1.165, 1.54) is 12.1 Å². The highest BCUT2D eigenvalue weighted by Gasteiger charge is 2.02. The predicted molar refractivity (Wildman–Crippen MR) is 63.6 cm³/mol. The maximum Gasteiger partial charge on any atom is 0.136 e. The fourth-order valence-electron chi connectivity index (χ4n) is 1.16. The summed E-state index contributed by atoms with van der Waals surface area (Å²) in [6.07, 6.45) is 4.89. The number of halogens is 2. The summed E-state index contributed by atoms with van der Waals surface area (Å²) in [6, 6.07) is 4.43. The van der Waals surface area contributed by atoms with E-state index in [-0.39, 0.29) is 5.82 Å². The summed E-state index contributed by atoms with van der Waals surface area (Å²) in [5.74, 6) is 0.285. The molecule has 0 unspecified atom stereocenters. The lowest BCUT2D eigenvalue weighted by Crippen LogP contribution is -1.98. The Labute approximate surface area is 98.1 Å². The minimum Gasteiger partial charge on any atom is -0.492 e. The monoisotopic (exact) mass is 272 g/mol. The lowest BCUT2D eigenvalue weighted by molar-refractivity contribution is 0.304. The molecule has 1 nitrogen and oxygen atoms in total. The van der Waals surface area contributed by atoms with Crippen molar-refractivity contribution < 1.29 is 9.13 Å². The molecule has 0 N–H and O–H groups in total. The molecule has 0 aliphatic carbocycles. The van der Waals surface area contributed by atoms with Crippen LogP contribution >= 0.6 is 15.9 Å². The quantitative estimate of drug-likeness (QED) is 0.554. The lowest BCUT2D eigenvalue weighted by atomic mass is 10.2. The summed E-state index contributed by atoms with van der Waals surface area (Å²) in [5, 5.41) is 0. The van der Waals surface area contributed by atoms with Gasteiger partial charge in [-0.3, -0.25) is 0 Å². The van der Waals surface area contributed by atoms with E-state index in [1.54, 1.807) is 6.07 Å². The summed E-state index contributed by atoms with van der Waals surface area (Å²) in [4.78, 5) is 0. The van der Waals surface area contributed by atoms with Crippen molar-refractivity contribution in [3.05, 3.63) is 41.1 Å². The molecule has 0 aromatic heterocycles. The molecule has 0 radical (unpaired) electrons. The number of ether oxygens (including phenoxy) is 1. The number of allylic oxidation sites excluding steroid dienone is 1. The molecule has 0 bridgehead atoms. The zero-order valence-electron chi connectivity index (χ0n) is 8.51. The van der Waals surface area contributed by atoms with Crippen molar-refractivity contribution in [1.29, 1.82) is 0 Å². The van der Waals surface area contributed by atoms with Crippen LogP contribution in [0, 0.1) is 5.82 Å². The van der Waals surface area contributed by atoms with Crippen molar-refractivity contribution in [2.45, 2.75) is 19.3 Å². The molecule has 0 spiro atoms. The minimum absolute atomic E-state index is 0.278. The number of benzene rings is 1. The third-order valence-corrected chi connectivity index (χ3v) is 2.61. The lowest BCUT2D eigenvalue weighted by Gasteiger charge is -2.07. The Kier molecular flexibility index (Phi) is 5.40. The van der Waals surface area contributed by atoms with Gasteiger partial charge in [0.05, 0.1) is 11.1 Å². The van der Waals surface area contributed by atoms with Gasteiger partial charge in [-0.25, -0.2) is 4.39 Å². The SMILES string of the molecule is C=CCCCCOc1cc(F)ccc1Br. The highest BCUT2D eigenvalue weighted by atomic mass is 79.9. The smallest absolute Gasteiger partial charge is 0.136 e. The molecule has 15 heavy (non-hydrogen) atoms. The Morgan fingerprint density at radius 2 is 2.20 bits per heavy atom. The Morgan fingerprint density at radius 1 is 1.40 bits per heavy atom. The van der Waals surface area contributed by atoms with Crippen molar-refractivity contribution in [3.8, 4) is 5.75 Å². The summed E-state index contributed by atoms with van der Waals surface area (Å²) in [5.41, 5.74) is 0. The maximum atomic E-state index is 12.9. The van der Waals surface area contributed by atoms with Crippen LogP contribution in [0.2, 0.25) is 0 Å². The van der Waals surface area contributed by atoms with Gasteiger partial charge < -0.3 is 4.74 Å². The Bertz CT molecular complexity index is 325. The van der Waals surface area contributed by atoms with Gasteiger partial charge in [-0.1, -0.05) is 6.08 Å². The van der Waals surface area contributed by atoms with Crippen LogP contribution in [-0.2, 0) is 0 Å². The second kappa shape index (κ2) is 6.62. The fourth-order valence-corrected chi connectivity index (χ4v) is 1.52. The Hall–Kier alpha value is -0.830. The van der Waals surface area contributed by atoms with Gasteiger partial charge in [0.25, 0.3) is 0 Å². The highest BCUT2D eigenvalue weighted by molar-refractivity contribution is 9.10. The molecule has 1 rings (SSSR count). The van der Waals surface area contributed by atoms with Gasteiger partial charge in [-0.2, -0.15) is 0 Å². The normalized spacial score (nSPS) is 10.0. The first-order chi connectivity index (χ1) is 7.24. The van der Waals surface area contributed by atoms with E-state index in [0.29, 0.717) is 12.4 Å². The van der Waals surface area contributed by atoms with Gasteiger partial charge in [-0.05, 0) is 47.3 Å². The molecule has 0 heterocycles. The molecule has 0 amide bonds. The van der Waals surface area contributed by atoms with E-state index in [1.807, 2.05) is 6.08 Å². The van der Waals surface area contributed by atoms with E-state index < -0.39 is 0 Å². The van der Waals surface area contributed by atoms with E-state index in [0.717, 1.165) is 23.7 Å². The van der Waals surface area contributed by atoms with Gasteiger partial charge in [-0.15, -0.1) is 6.58 Å². The molecule has 0 aliphatic rings. The topological polar surface area (TPSA) is 9.23 Å². The molecule has 0 saturated heterocycles.